The molecule has 5 unspecified atom stereocenters. The summed E-state index contributed by atoms with van der Waals surface area (Å²) in [6, 6.07) is 0. The van der Waals surface area contributed by atoms with Crippen molar-refractivity contribution in [3.8, 4) is 0 Å². The summed E-state index contributed by atoms with van der Waals surface area (Å²) in [5.74, 6) is 1.40. The van der Waals surface area contributed by atoms with Crippen molar-refractivity contribution in [2.45, 2.75) is 70.5 Å². The lowest BCUT2D eigenvalue weighted by molar-refractivity contribution is -0.152. The number of rotatable bonds is 3. The lowest BCUT2D eigenvalue weighted by atomic mass is 9.82. The van der Waals surface area contributed by atoms with E-state index in [-0.39, 0.29) is 17.5 Å². The Morgan fingerprint density at radius 2 is 2.16 bits per heavy atom. The highest BCUT2D eigenvalue weighted by atomic mass is 16.6. The number of carbonyl (C=O) groups excluding carboxylic acids is 1. The third kappa shape index (κ3) is 2.96. The molecule has 1 heterocycles. The molecule has 5 atom stereocenters. The Labute approximate surface area is 116 Å². The van der Waals surface area contributed by atoms with Crippen molar-refractivity contribution in [2.24, 2.45) is 17.8 Å². The minimum Gasteiger partial charge on any atom is -0.465 e. The summed E-state index contributed by atoms with van der Waals surface area (Å²) >= 11 is 0. The van der Waals surface area contributed by atoms with E-state index in [4.69, 9.17) is 9.47 Å². The summed E-state index contributed by atoms with van der Waals surface area (Å²) in [6.45, 7) is 5.04. The molecular formula is C16H26O3. The van der Waals surface area contributed by atoms with E-state index in [0.717, 1.165) is 32.1 Å². The monoisotopic (exact) mass is 266 g/mol. The van der Waals surface area contributed by atoms with Gasteiger partial charge in [0.2, 0.25) is 0 Å². The van der Waals surface area contributed by atoms with Crippen LogP contribution in [0.2, 0.25) is 0 Å². The molecule has 3 fully saturated rings. The van der Waals surface area contributed by atoms with Gasteiger partial charge in [0.1, 0.15) is 0 Å². The van der Waals surface area contributed by atoms with E-state index in [9.17, 15) is 4.79 Å². The van der Waals surface area contributed by atoms with Crippen LogP contribution in [0.5, 0.6) is 0 Å². The van der Waals surface area contributed by atoms with Gasteiger partial charge in [-0.25, -0.2) is 0 Å². The number of esters is 1. The standard InChI is InChI=1S/C16H26O3/c1-11-4-3-5-13(8-11)15(17)18-10-12-6-7-14-16(2,9-12)19-14/h11-14H,3-10H2,1-2H3. The lowest BCUT2D eigenvalue weighted by Gasteiger charge is -2.27. The molecule has 0 aromatic heterocycles. The van der Waals surface area contributed by atoms with Gasteiger partial charge < -0.3 is 9.47 Å². The molecule has 0 amide bonds. The molecule has 1 aliphatic heterocycles. The fourth-order valence-electron chi connectivity index (χ4n) is 4.01. The average molecular weight is 266 g/mol. The van der Waals surface area contributed by atoms with E-state index in [1.807, 2.05) is 0 Å². The molecule has 19 heavy (non-hydrogen) atoms. The molecule has 3 aliphatic rings. The first-order chi connectivity index (χ1) is 9.07. The summed E-state index contributed by atoms with van der Waals surface area (Å²) in [6.07, 6.45) is 8.32. The van der Waals surface area contributed by atoms with Gasteiger partial charge in [0.25, 0.3) is 0 Å². The van der Waals surface area contributed by atoms with E-state index in [2.05, 4.69) is 13.8 Å². The zero-order chi connectivity index (χ0) is 13.5. The normalized spacial score (nSPS) is 45.4. The second kappa shape index (κ2) is 5.08. The Morgan fingerprint density at radius 3 is 2.89 bits per heavy atom. The number of hydrogen-bond acceptors (Lipinski definition) is 3. The summed E-state index contributed by atoms with van der Waals surface area (Å²) in [5.41, 5.74) is 0.106. The van der Waals surface area contributed by atoms with Crippen molar-refractivity contribution >= 4 is 5.97 Å². The van der Waals surface area contributed by atoms with E-state index in [1.165, 1.54) is 12.8 Å². The second-order valence-electron chi connectivity index (χ2n) is 7.17. The largest absolute Gasteiger partial charge is 0.465 e. The van der Waals surface area contributed by atoms with Crippen molar-refractivity contribution in [3.63, 3.8) is 0 Å². The highest BCUT2D eigenvalue weighted by molar-refractivity contribution is 5.72. The van der Waals surface area contributed by atoms with Crippen LogP contribution >= 0.6 is 0 Å². The predicted molar refractivity (Wildman–Crippen MR) is 72.7 cm³/mol. The van der Waals surface area contributed by atoms with Crippen molar-refractivity contribution < 1.29 is 14.3 Å². The summed E-state index contributed by atoms with van der Waals surface area (Å²) in [5, 5.41) is 0. The molecule has 0 bridgehead atoms. The van der Waals surface area contributed by atoms with Crippen molar-refractivity contribution in [1.29, 1.82) is 0 Å². The number of ether oxygens (including phenoxy) is 2. The first kappa shape index (κ1) is 13.4. The molecule has 0 aromatic rings. The third-order valence-corrected chi connectivity index (χ3v) is 5.30. The van der Waals surface area contributed by atoms with E-state index in [0.29, 0.717) is 24.5 Å². The number of hydrogen-bond donors (Lipinski definition) is 0. The van der Waals surface area contributed by atoms with Gasteiger partial charge in [-0.05, 0) is 50.9 Å². The van der Waals surface area contributed by atoms with Crippen molar-refractivity contribution in [3.05, 3.63) is 0 Å². The summed E-state index contributed by atoms with van der Waals surface area (Å²) in [4.78, 5) is 12.1. The topological polar surface area (TPSA) is 38.8 Å². The number of fused-ring (bicyclic) bond motifs is 1. The molecule has 3 nitrogen and oxygen atoms in total. The van der Waals surface area contributed by atoms with Crippen LogP contribution in [0.3, 0.4) is 0 Å². The maximum atomic E-state index is 12.1. The van der Waals surface area contributed by atoms with Gasteiger partial charge in [-0.1, -0.05) is 19.8 Å². The highest BCUT2D eigenvalue weighted by Gasteiger charge is 2.55. The molecule has 0 spiro atoms. The highest BCUT2D eigenvalue weighted by Crippen LogP contribution is 2.49. The smallest absolute Gasteiger partial charge is 0.308 e. The van der Waals surface area contributed by atoms with Gasteiger partial charge in [-0.2, -0.15) is 0 Å². The number of epoxide rings is 1. The van der Waals surface area contributed by atoms with Crippen LogP contribution in [-0.4, -0.2) is 24.3 Å². The van der Waals surface area contributed by atoms with Crippen LogP contribution in [0.1, 0.15) is 58.8 Å². The zero-order valence-electron chi connectivity index (χ0n) is 12.2. The van der Waals surface area contributed by atoms with Crippen LogP contribution in [-0.2, 0) is 14.3 Å². The lowest BCUT2D eigenvalue weighted by Crippen LogP contribution is -2.29. The number of carbonyl (C=O) groups is 1. The first-order valence-corrected chi connectivity index (χ1v) is 7.91. The fourth-order valence-corrected chi connectivity index (χ4v) is 4.01. The van der Waals surface area contributed by atoms with Gasteiger partial charge in [0.15, 0.2) is 0 Å². The van der Waals surface area contributed by atoms with Gasteiger partial charge in [-0.3, -0.25) is 4.79 Å². The average Bonchev–Trinajstić information content (AvgIpc) is 3.06. The molecule has 0 radical (unpaired) electrons. The molecule has 2 aliphatic carbocycles. The molecule has 3 rings (SSSR count). The zero-order valence-corrected chi connectivity index (χ0v) is 12.2. The first-order valence-electron chi connectivity index (χ1n) is 7.91. The SMILES string of the molecule is CC1CCCC(C(=O)OCC2CCC3OC3(C)C2)C1. The predicted octanol–water partition coefficient (Wildman–Crippen LogP) is 3.31. The molecular weight excluding hydrogens is 240 g/mol. The fraction of sp³-hybridized carbons (Fsp3) is 0.938. The van der Waals surface area contributed by atoms with Gasteiger partial charge in [0, 0.05) is 0 Å². The molecule has 0 N–H and O–H groups in total. The molecule has 2 saturated carbocycles. The Kier molecular flexibility index (Phi) is 3.59. The molecule has 108 valence electrons. The van der Waals surface area contributed by atoms with Crippen molar-refractivity contribution in [1.82, 2.24) is 0 Å². The van der Waals surface area contributed by atoms with E-state index < -0.39 is 0 Å². The minimum absolute atomic E-state index is 0.0514. The maximum absolute atomic E-state index is 12.1. The Bertz CT molecular complexity index is 354. The van der Waals surface area contributed by atoms with E-state index in [1.54, 1.807) is 0 Å². The van der Waals surface area contributed by atoms with Crippen molar-refractivity contribution in [2.75, 3.05) is 6.61 Å². The summed E-state index contributed by atoms with van der Waals surface area (Å²) < 4.78 is 11.3. The second-order valence-corrected chi connectivity index (χ2v) is 7.17. The van der Waals surface area contributed by atoms with Crippen LogP contribution < -0.4 is 0 Å². The molecule has 1 saturated heterocycles. The Hall–Kier alpha value is -0.570. The van der Waals surface area contributed by atoms with Crippen LogP contribution in [0.4, 0.5) is 0 Å². The Morgan fingerprint density at radius 1 is 1.32 bits per heavy atom. The van der Waals surface area contributed by atoms with Crippen LogP contribution in [0.15, 0.2) is 0 Å². The van der Waals surface area contributed by atoms with Gasteiger partial charge >= 0.3 is 5.97 Å². The quantitative estimate of drug-likeness (QED) is 0.581. The molecule has 3 heteroatoms. The minimum atomic E-state index is 0.0514. The van der Waals surface area contributed by atoms with Crippen LogP contribution in [0, 0.1) is 17.8 Å². The van der Waals surface area contributed by atoms with Gasteiger partial charge in [0.05, 0.1) is 24.2 Å². The van der Waals surface area contributed by atoms with Gasteiger partial charge in [-0.15, -0.1) is 0 Å². The molecule has 0 aromatic carbocycles. The summed E-state index contributed by atoms with van der Waals surface area (Å²) in [7, 11) is 0. The Balaban J connectivity index is 1.43. The van der Waals surface area contributed by atoms with Crippen LogP contribution in [0.25, 0.3) is 0 Å². The maximum Gasteiger partial charge on any atom is 0.308 e. The third-order valence-electron chi connectivity index (χ3n) is 5.30. The van der Waals surface area contributed by atoms with E-state index >= 15 is 0 Å².